The third kappa shape index (κ3) is 3.88. The SMILES string of the molecule is O=C(Cn1cnc2sc3c(c2c1=O)CCCC3)NCCOc1ccccc1. The van der Waals surface area contributed by atoms with Crippen LogP contribution in [0.15, 0.2) is 41.5 Å². The standard InChI is InChI=1S/C20H21N3O3S/c24-17(21-10-11-26-14-6-2-1-3-7-14)12-23-13-22-19-18(20(23)25)15-8-4-5-9-16(15)27-19/h1-3,6-7,13H,4-5,8-12H2,(H,21,24). The number of amides is 1. The third-order valence-corrected chi connectivity index (χ3v) is 5.89. The molecule has 0 fully saturated rings. The Bertz CT molecular complexity index is 1010. The number of carbonyl (C=O) groups excluding carboxylic acids is 1. The zero-order valence-electron chi connectivity index (χ0n) is 14.9. The van der Waals surface area contributed by atoms with Crippen molar-refractivity contribution < 1.29 is 9.53 Å². The molecule has 0 saturated carbocycles. The smallest absolute Gasteiger partial charge is 0.262 e. The minimum Gasteiger partial charge on any atom is -0.492 e. The highest BCUT2D eigenvalue weighted by molar-refractivity contribution is 7.18. The summed E-state index contributed by atoms with van der Waals surface area (Å²) in [7, 11) is 0. The van der Waals surface area contributed by atoms with E-state index in [9.17, 15) is 9.59 Å². The molecule has 2 heterocycles. The van der Waals surface area contributed by atoms with Crippen LogP contribution < -0.4 is 15.6 Å². The molecule has 1 aliphatic carbocycles. The first-order chi connectivity index (χ1) is 13.2. The van der Waals surface area contributed by atoms with E-state index in [1.807, 2.05) is 30.3 Å². The first-order valence-corrected chi connectivity index (χ1v) is 9.98. The fourth-order valence-electron chi connectivity index (χ4n) is 3.38. The summed E-state index contributed by atoms with van der Waals surface area (Å²) in [5.74, 6) is 0.541. The number of aryl methyl sites for hydroxylation is 2. The van der Waals surface area contributed by atoms with Gasteiger partial charge in [-0.1, -0.05) is 18.2 Å². The van der Waals surface area contributed by atoms with Gasteiger partial charge in [0.2, 0.25) is 5.91 Å². The van der Waals surface area contributed by atoms with Gasteiger partial charge in [0.15, 0.2) is 0 Å². The van der Waals surface area contributed by atoms with E-state index in [1.54, 1.807) is 11.3 Å². The fraction of sp³-hybridized carbons (Fsp3) is 0.350. The van der Waals surface area contributed by atoms with Crippen molar-refractivity contribution in [2.75, 3.05) is 13.2 Å². The normalized spacial score (nSPS) is 13.3. The van der Waals surface area contributed by atoms with Gasteiger partial charge < -0.3 is 10.1 Å². The highest BCUT2D eigenvalue weighted by Crippen LogP contribution is 2.33. The summed E-state index contributed by atoms with van der Waals surface area (Å²) in [5.41, 5.74) is 1.03. The van der Waals surface area contributed by atoms with Crippen molar-refractivity contribution in [1.82, 2.24) is 14.9 Å². The Morgan fingerprint density at radius 3 is 2.89 bits per heavy atom. The minimum atomic E-state index is -0.223. The third-order valence-electron chi connectivity index (χ3n) is 4.69. The van der Waals surface area contributed by atoms with Crippen LogP contribution in [-0.2, 0) is 24.2 Å². The lowest BCUT2D eigenvalue weighted by atomic mass is 9.97. The second-order valence-electron chi connectivity index (χ2n) is 6.58. The number of hydrogen-bond acceptors (Lipinski definition) is 5. The molecule has 0 atom stereocenters. The predicted octanol–water partition coefficient (Wildman–Crippen LogP) is 2.53. The lowest BCUT2D eigenvalue weighted by Gasteiger charge is -2.11. The van der Waals surface area contributed by atoms with E-state index in [2.05, 4.69) is 10.3 Å². The van der Waals surface area contributed by atoms with Gasteiger partial charge in [-0.2, -0.15) is 0 Å². The van der Waals surface area contributed by atoms with E-state index in [0.717, 1.165) is 35.4 Å². The number of hydrogen-bond donors (Lipinski definition) is 1. The molecule has 140 valence electrons. The van der Waals surface area contributed by atoms with Gasteiger partial charge in [0.05, 0.1) is 18.3 Å². The van der Waals surface area contributed by atoms with Crippen LogP contribution in [0.2, 0.25) is 0 Å². The largest absolute Gasteiger partial charge is 0.492 e. The summed E-state index contributed by atoms with van der Waals surface area (Å²) in [6.07, 6.45) is 5.71. The summed E-state index contributed by atoms with van der Waals surface area (Å²) in [6, 6.07) is 9.44. The van der Waals surface area contributed by atoms with Crippen molar-refractivity contribution in [2.45, 2.75) is 32.2 Å². The topological polar surface area (TPSA) is 73.2 Å². The van der Waals surface area contributed by atoms with Crippen molar-refractivity contribution in [1.29, 1.82) is 0 Å². The van der Waals surface area contributed by atoms with E-state index in [-0.39, 0.29) is 18.0 Å². The highest BCUT2D eigenvalue weighted by atomic mass is 32.1. The number of para-hydroxylation sites is 1. The summed E-state index contributed by atoms with van der Waals surface area (Å²) in [6.45, 7) is 0.726. The summed E-state index contributed by atoms with van der Waals surface area (Å²) < 4.78 is 6.95. The van der Waals surface area contributed by atoms with Crippen LogP contribution in [0.25, 0.3) is 10.2 Å². The maximum Gasteiger partial charge on any atom is 0.262 e. The maximum absolute atomic E-state index is 12.8. The molecule has 1 aliphatic rings. The van der Waals surface area contributed by atoms with Gasteiger partial charge in [-0.05, 0) is 43.4 Å². The molecule has 27 heavy (non-hydrogen) atoms. The molecule has 2 aromatic heterocycles. The van der Waals surface area contributed by atoms with Gasteiger partial charge in [-0.3, -0.25) is 14.2 Å². The molecule has 1 amide bonds. The maximum atomic E-state index is 12.8. The molecule has 0 aliphatic heterocycles. The molecular weight excluding hydrogens is 362 g/mol. The molecule has 0 bridgehead atoms. The van der Waals surface area contributed by atoms with Crippen LogP contribution >= 0.6 is 11.3 Å². The highest BCUT2D eigenvalue weighted by Gasteiger charge is 2.20. The summed E-state index contributed by atoms with van der Waals surface area (Å²) in [5, 5.41) is 3.49. The van der Waals surface area contributed by atoms with Crippen molar-refractivity contribution in [3.8, 4) is 5.75 Å². The number of aromatic nitrogens is 2. The van der Waals surface area contributed by atoms with E-state index in [0.29, 0.717) is 18.5 Å². The zero-order valence-corrected chi connectivity index (χ0v) is 15.8. The van der Waals surface area contributed by atoms with E-state index >= 15 is 0 Å². The van der Waals surface area contributed by atoms with Crippen LogP contribution in [-0.4, -0.2) is 28.6 Å². The van der Waals surface area contributed by atoms with Crippen molar-refractivity contribution in [2.24, 2.45) is 0 Å². The quantitative estimate of drug-likeness (QED) is 0.664. The molecule has 3 aromatic rings. The second kappa shape index (κ2) is 7.92. The lowest BCUT2D eigenvalue weighted by molar-refractivity contribution is -0.121. The molecule has 0 spiro atoms. The summed E-state index contributed by atoms with van der Waals surface area (Å²) in [4.78, 5) is 31.5. The number of thiophene rings is 1. The average Bonchev–Trinajstić information content (AvgIpc) is 3.07. The Morgan fingerprint density at radius 2 is 2.04 bits per heavy atom. The molecule has 0 unspecified atom stereocenters. The molecule has 0 radical (unpaired) electrons. The van der Waals surface area contributed by atoms with Crippen LogP contribution in [0.1, 0.15) is 23.3 Å². The molecular formula is C20H21N3O3S. The number of rotatable bonds is 6. The number of nitrogens with zero attached hydrogens (tertiary/aromatic N) is 2. The number of carbonyl (C=O) groups is 1. The molecule has 4 rings (SSSR count). The van der Waals surface area contributed by atoms with Gasteiger partial charge in [0, 0.05) is 4.88 Å². The molecule has 0 saturated heterocycles. The average molecular weight is 383 g/mol. The fourth-order valence-corrected chi connectivity index (χ4v) is 4.60. The van der Waals surface area contributed by atoms with Crippen LogP contribution in [0.3, 0.4) is 0 Å². The van der Waals surface area contributed by atoms with Gasteiger partial charge in [-0.25, -0.2) is 4.98 Å². The van der Waals surface area contributed by atoms with E-state index in [4.69, 9.17) is 4.74 Å². The summed E-state index contributed by atoms with van der Waals surface area (Å²) >= 11 is 1.61. The Balaban J connectivity index is 1.38. The van der Waals surface area contributed by atoms with E-state index in [1.165, 1.54) is 22.2 Å². The van der Waals surface area contributed by atoms with Crippen LogP contribution in [0, 0.1) is 0 Å². The van der Waals surface area contributed by atoms with E-state index < -0.39 is 0 Å². The minimum absolute atomic E-state index is 0.0300. The molecule has 1 aromatic carbocycles. The monoisotopic (exact) mass is 383 g/mol. The Hall–Kier alpha value is -2.67. The molecule has 7 heteroatoms. The number of nitrogens with one attached hydrogen (secondary N) is 1. The van der Waals surface area contributed by atoms with Crippen molar-refractivity contribution in [3.05, 3.63) is 57.5 Å². The van der Waals surface area contributed by atoms with Crippen LogP contribution in [0.4, 0.5) is 0 Å². The Kier molecular flexibility index (Phi) is 5.20. The molecule has 6 nitrogen and oxygen atoms in total. The number of benzene rings is 1. The lowest BCUT2D eigenvalue weighted by Crippen LogP contribution is -2.34. The van der Waals surface area contributed by atoms with Gasteiger partial charge in [0.1, 0.15) is 23.7 Å². The van der Waals surface area contributed by atoms with Crippen LogP contribution in [0.5, 0.6) is 5.75 Å². The number of ether oxygens (including phenoxy) is 1. The van der Waals surface area contributed by atoms with Gasteiger partial charge in [-0.15, -0.1) is 11.3 Å². The zero-order chi connectivity index (χ0) is 18.6. The first-order valence-electron chi connectivity index (χ1n) is 9.16. The van der Waals surface area contributed by atoms with Gasteiger partial charge in [0.25, 0.3) is 5.56 Å². The second-order valence-corrected chi connectivity index (χ2v) is 7.66. The number of fused-ring (bicyclic) bond motifs is 3. The Labute approximate surface area is 160 Å². The predicted molar refractivity (Wildman–Crippen MR) is 105 cm³/mol. The Morgan fingerprint density at radius 1 is 1.22 bits per heavy atom. The first kappa shape index (κ1) is 17.7. The van der Waals surface area contributed by atoms with Crippen molar-refractivity contribution in [3.63, 3.8) is 0 Å². The van der Waals surface area contributed by atoms with Gasteiger partial charge >= 0.3 is 0 Å². The molecule has 1 N–H and O–H groups in total. The van der Waals surface area contributed by atoms with Crippen molar-refractivity contribution >= 4 is 27.5 Å².